The number of nitrogens with one attached hydrogen (secondary N) is 1. The molecule has 1 N–H and O–H groups in total. The normalized spacial score (nSPS) is 13.4. The Balaban J connectivity index is 1.32. The molecular formula is C21H23N5O2S. The Labute approximate surface area is 173 Å². The van der Waals surface area contributed by atoms with Crippen LogP contribution in [0.5, 0.6) is 0 Å². The maximum absolute atomic E-state index is 12.8. The number of nitrogens with zero attached hydrogens (tertiary/aromatic N) is 4. The smallest absolute Gasteiger partial charge is 0.346 e. The van der Waals surface area contributed by atoms with Crippen LogP contribution in [0, 0.1) is 0 Å². The quantitative estimate of drug-likeness (QED) is 0.587. The maximum Gasteiger partial charge on any atom is 0.346 e. The van der Waals surface area contributed by atoms with Gasteiger partial charge in [-0.05, 0) is 30.5 Å². The van der Waals surface area contributed by atoms with E-state index in [1.54, 1.807) is 28.7 Å². The van der Waals surface area contributed by atoms with Gasteiger partial charge in [-0.15, -0.1) is 16.9 Å². The summed E-state index contributed by atoms with van der Waals surface area (Å²) in [6, 6.07) is 14.0. The van der Waals surface area contributed by atoms with Crippen LogP contribution in [0.2, 0.25) is 0 Å². The fourth-order valence-electron chi connectivity index (χ4n) is 3.11. The summed E-state index contributed by atoms with van der Waals surface area (Å²) in [5.41, 5.74) is 1.90. The van der Waals surface area contributed by atoms with Crippen molar-refractivity contribution in [2.24, 2.45) is 0 Å². The lowest BCUT2D eigenvalue weighted by atomic mass is 10.2. The van der Waals surface area contributed by atoms with Crippen LogP contribution in [0.25, 0.3) is 11.4 Å². The number of carbonyl (C=O) groups excluding carboxylic acids is 1. The van der Waals surface area contributed by atoms with Crippen molar-refractivity contribution < 1.29 is 4.79 Å². The molecule has 1 aliphatic rings. The van der Waals surface area contributed by atoms with Crippen LogP contribution < -0.4 is 11.0 Å². The fourth-order valence-corrected chi connectivity index (χ4v) is 3.93. The third-order valence-electron chi connectivity index (χ3n) is 4.69. The third-order valence-corrected chi connectivity index (χ3v) is 5.70. The number of pyridine rings is 1. The molecule has 2 heterocycles. The lowest BCUT2D eigenvalue weighted by Crippen LogP contribution is -2.33. The van der Waals surface area contributed by atoms with Crippen molar-refractivity contribution in [2.75, 3.05) is 12.3 Å². The van der Waals surface area contributed by atoms with Gasteiger partial charge in [0, 0.05) is 36.3 Å². The molecule has 29 heavy (non-hydrogen) atoms. The van der Waals surface area contributed by atoms with E-state index in [1.165, 1.54) is 10.2 Å². The molecule has 7 nitrogen and oxygen atoms in total. The highest BCUT2D eigenvalue weighted by Gasteiger charge is 2.30. The van der Waals surface area contributed by atoms with E-state index in [-0.39, 0.29) is 17.6 Å². The molecule has 1 aromatic carbocycles. The van der Waals surface area contributed by atoms with E-state index in [1.807, 2.05) is 42.5 Å². The van der Waals surface area contributed by atoms with Crippen LogP contribution in [0.4, 0.5) is 0 Å². The predicted octanol–water partition coefficient (Wildman–Crippen LogP) is 2.49. The standard InChI is InChI=1S/C21H23N5O2S/c27-19(15-29-14-16-5-2-1-3-6-16)23-11-12-25-21(28)26(18-8-9-18)20(24-25)17-7-4-10-22-13-17/h1-7,10,13,18H,8-9,11-12,14-15H2,(H,23,27). The van der Waals surface area contributed by atoms with Crippen molar-refractivity contribution >= 4 is 17.7 Å². The second-order valence-corrected chi connectivity index (χ2v) is 7.99. The van der Waals surface area contributed by atoms with Crippen molar-refractivity contribution in [2.45, 2.75) is 31.2 Å². The molecule has 1 amide bonds. The number of aromatic nitrogens is 4. The average molecular weight is 410 g/mol. The Hall–Kier alpha value is -2.87. The van der Waals surface area contributed by atoms with Crippen molar-refractivity contribution in [3.05, 3.63) is 70.9 Å². The molecule has 1 saturated carbocycles. The van der Waals surface area contributed by atoms with Gasteiger partial charge in [-0.1, -0.05) is 30.3 Å². The van der Waals surface area contributed by atoms with Gasteiger partial charge in [0.2, 0.25) is 5.91 Å². The molecule has 2 aromatic heterocycles. The van der Waals surface area contributed by atoms with Crippen molar-refractivity contribution in [1.82, 2.24) is 24.6 Å². The summed E-state index contributed by atoms with van der Waals surface area (Å²) in [6.07, 6.45) is 5.41. The molecule has 8 heteroatoms. The van der Waals surface area contributed by atoms with Gasteiger partial charge in [0.15, 0.2) is 5.82 Å². The predicted molar refractivity (Wildman–Crippen MR) is 114 cm³/mol. The molecular weight excluding hydrogens is 386 g/mol. The van der Waals surface area contributed by atoms with E-state index < -0.39 is 0 Å². The lowest BCUT2D eigenvalue weighted by Gasteiger charge is -2.05. The first-order valence-electron chi connectivity index (χ1n) is 9.70. The summed E-state index contributed by atoms with van der Waals surface area (Å²) in [5.74, 6) is 1.80. The highest BCUT2D eigenvalue weighted by Crippen LogP contribution is 2.36. The van der Waals surface area contributed by atoms with E-state index in [0.717, 1.165) is 24.2 Å². The average Bonchev–Trinajstić information content (AvgIpc) is 3.53. The molecule has 0 aliphatic heterocycles. The zero-order valence-electron chi connectivity index (χ0n) is 16.0. The zero-order valence-corrected chi connectivity index (χ0v) is 16.8. The zero-order chi connectivity index (χ0) is 20.1. The van der Waals surface area contributed by atoms with E-state index >= 15 is 0 Å². The molecule has 0 atom stereocenters. The number of amides is 1. The molecule has 1 aliphatic carbocycles. The first kappa shape index (κ1) is 19.4. The highest BCUT2D eigenvalue weighted by atomic mass is 32.2. The van der Waals surface area contributed by atoms with E-state index in [0.29, 0.717) is 24.7 Å². The molecule has 0 bridgehead atoms. The van der Waals surface area contributed by atoms with E-state index in [9.17, 15) is 9.59 Å². The molecule has 1 fully saturated rings. The summed E-state index contributed by atoms with van der Waals surface area (Å²) in [7, 11) is 0. The monoisotopic (exact) mass is 409 g/mol. The van der Waals surface area contributed by atoms with Gasteiger partial charge < -0.3 is 5.32 Å². The number of hydrogen-bond donors (Lipinski definition) is 1. The number of thioether (sulfide) groups is 1. The SMILES string of the molecule is O=C(CSCc1ccccc1)NCCn1nc(-c2cccnc2)n(C2CC2)c1=O. The minimum atomic E-state index is -0.126. The van der Waals surface area contributed by atoms with Crippen molar-refractivity contribution in [1.29, 1.82) is 0 Å². The van der Waals surface area contributed by atoms with E-state index in [2.05, 4.69) is 15.4 Å². The third kappa shape index (κ3) is 4.95. The first-order chi connectivity index (χ1) is 14.2. The van der Waals surface area contributed by atoms with Gasteiger partial charge in [-0.25, -0.2) is 9.48 Å². The minimum absolute atomic E-state index is 0.0342. The van der Waals surface area contributed by atoms with Crippen LogP contribution >= 0.6 is 11.8 Å². The Morgan fingerprint density at radius 1 is 1.17 bits per heavy atom. The van der Waals surface area contributed by atoms with Gasteiger partial charge in [-0.2, -0.15) is 0 Å². The summed E-state index contributed by atoms with van der Waals surface area (Å²) in [5, 5.41) is 7.39. The van der Waals surface area contributed by atoms with Crippen LogP contribution in [0.1, 0.15) is 24.4 Å². The summed E-state index contributed by atoms with van der Waals surface area (Å²) < 4.78 is 3.20. The molecule has 0 unspecified atom stereocenters. The van der Waals surface area contributed by atoms with Gasteiger partial charge in [0.05, 0.1) is 12.3 Å². The Morgan fingerprint density at radius 3 is 2.72 bits per heavy atom. The van der Waals surface area contributed by atoms with Gasteiger partial charge in [0.1, 0.15) is 0 Å². The van der Waals surface area contributed by atoms with Gasteiger partial charge >= 0.3 is 5.69 Å². The first-order valence-corrected chi connectivity index (χ1v) is 10.9. The summed E-state index contributed by atoms with van der Waals surface area (Å²) >= 11 is 1.57. The number of benzene rings is 1. The fraction of sp³-hybridized carbons (Fsp3) is 0.333. The minimum Gasteiger partial charge on any atom is -0.354 e. The van der Waals surface area contributed by atoms with Crippen molar-refractivity contribution in [3.8, 4) is 11.4 Å². The van der Waals surface area contributed by atoms with E-state index in [4.69, 9.17) is 0 Å². The molecule has 4 rings (SSSR count). The number of hydrogen-bond acceptors (Lipinski definition) is 5. The second-order valence-electron chi connectivity index (χ2n) is 7.00. The van der Waals surface area contributed by atoms with Crippen LogP contribution in [0.15, 0.2) is 59.7 Å². The number of rotatable bonds is 9. The van der Waals surface area contributed by atoms with Crippen LogP contribution in [0.3, 0.4) is 0 Å². The Kier molecular flexibility index (Phi) is 6.09. The second kappa shape index (κ2) is 9.09. The highest BCUT2D eigenvalue weighted by molar-refractivity contribution is 7.99. The molecule has 0 radical (unpaired) electrons. The van der Waals surface area contributed by atoms with Crippen LogP contribution in [-0.2, 0) is 17.1 Å². The maximum atomic E-state index is 12.8. The molecule has 150 valence electrons. The Morgan fingerprint density at radius 2 is 2.00 bits per heavy atom. The van der Waals surface area contributed by atoms with Gasteiger partial charge in [-0.3, -0.25) is 14.3 Å². The summed E-state index contributed by atoms with van der Waals surface area (Å²) in [6.45, 7) is 0.722. The Bertz CT molecular complexity index is 1010. The topological polar surface area (TPSA) is 81.8 Å². The van der Waals surface area contributed by atoms with Gasteiger partial charge in [0.25, 0.3) is 0 Å². The van der Waals surface area contributed by atoms with Crippen LogP contribution in [-0.4, -0.2) is 37.5 Å². The number of carbonyl (C=O) groups is 1. The largest absolute Gasteiger partial charge is 0.354 e. The lowest BCUT2D eigenvalue weighted by molar-refractivity contribution is -0.118. The molecule has 0 saturated heterocycles. The van der Waals surface area contributed by atoms with Crippen molar-refractivity contribution in [3.63, 3.8) is 0 Å². The summed E-state index contributed by atoms with van der Waals surface area (Å²) in [4.78, 5) is 29.0. The molecule has 3 aromatic rings. The molecule has 0 spiro atoms.